The van der Waals surface area contributed by atoms with Gasteiger partial charge in [-0.3, -0.25) is 9.59 Å². The highest BCUT2D eigenvalue weighted by atomic mass is 32.1. The molecular formula is C18H22N2O3S. The van der Waals surface area contributed by atoms with Crippen molar-refractivity contribution < 1.29 is 14.7 Å². The van der Waals surface area contributed by atoms with Crippen molar-refractivity contribution >= 4 is 23.2 Å². The van der Waals surface area contributed by atoms with Gasteiger partial charge >= 0.3 is 5.97 Å². The molecule has 0 aliphatic rings. The maximum absolute atomic E-state index is 12.7. The standard InChI is InChI=1S/C18H22N2O3S/c1-4-8-14-19-12(3)16(24-14)17(21)20-15(11(2)18(22)23)13-9-6-5-7-10-13/h5-7,9-11,15H,4,8H2,1-3H3,(H,20,21)(H,22,23). The first kappa shape index (κ1) is 18.1. The van der Waals surface area contributed by atoms with Gasteiger partial charge in [0.05, 0.1) is 22.7 Å². The normalized spacial score (nSPS) is 13.3. The number of aryl methyl sites for hydroxylation is 2. The van der Waals surface area contributed by atoms with E-state index >= 15 is 0 Å². The van der Waals surface area contributed by atoms with Crippen molar-refractivity contribution in [2.45, 2.75) is 39.7 Å². The zero-order valence-corrected chi connectivity index (χ0v) is 14.9. The summed E-state index contributed by atoms with van der Waals surface area (Å²) in [6.07, 6.45) is 1.81. The highest BCUT2D eigenvalue weighted by Crippen LogP contribution is 2.25. The van der Waals surface area contributed by atoms with Gasteiger partial charge in [-0.25, -0.2) is 4.98 Å². The van der Waals surface area contributed by atoms with Crippen molar-refractivity contribution in [1.29, 1.82) is 0 Å². The molecule has 1 heterocycles. The van der Waals surface area contributed by atoms with Crippen LogP contribution in [0.15, 0.2) is 30.3 Å². The number of nitrogens with zero attached hydrogens (tertiary/aromatic N) is 1. The van der Waals surface area contributed by atoms with E-state index in [-0.39, 0.29) is 5.91 Å². The van der Waals surface area contributed by atoms with Crippen molar-refractivity contribution in [3.05, 3.63) is 51.5 Å². The largest absolute Gasteiger partial charge is 0.481 e. The fourth-order valence-corrected chi connectivity index (χ4v) is 3.56. The zero-order valence-electron chi connectivity index (χ0n) is 14.1. The van der Waals surface area contributed by atoms with Gasteiger partial charge in [-0.15, -0.1) is 11.3 Å². The van der Waals surface area contributed by atoms with E-state index in [0.717, 1.165) is 23.4 Å². The second kappa shape index (κ2) is 8.06. The Bertz CT molecular complexity index is 712. The van der Waals surface area contributed by atoms with Crippen LogP contribution in [0.4, 0.5) is 0 Å². The topological polar surface area (TPSA) is 79.3 Å². The SMILES string of the molecule is CCCc1nc(C)c(C(=O)NC(c2ccccc2)C(C)C(=O)O)s1. The molecule has 6 heteroatoms. The van der Waals surface area contributed by atoms with Gasteiger partial charge in [-0.2, -0.15) is 0 Å². The third-order valence-electron chi connectivity index (χ3n) is 3.85. The highest BCUT2D eigenvalue weighted by molar-refractivity contribution is 7.13. The number of amides is 1. The van der Waals surface area contributed by atoms with Gasteiger partial charge in [0, 0.05) is 0 Å². The fraction of sp³-hybridized carbons (Fsp3) is 0.389. The summed E-state index contributed by atoms with van der Waals surface area (Å²) < 4.78 is 0. The van der Waals surface area contributed by atoms with Crippen molar-refractivity contribution in [3.63, 3.8) is 0 Å². The Morgan fingerprint density at radius 3 is 2.54 bits per heavy atom. The lowest BCUT2D eigenvalue weighted by Gasteiger charge is -2.22. The fourth-order valence-electron chi connectivity index (χ4n) is 2.49. The maximum atomic E-state index is 12.7. The van der Waals surface area contributed by atoms with Crippen LogP contribution in [0.25, 0.3) is 0 Å². The molecular weight excluding hydrogens is 324 g/mol. The molecule has 0 fully saturated rings. The number of carboxylic acid groups (broad SMARTS) is 1. The van der Waals surface area contributed by atoms with Gasteiger partial charge in [0.15, 0.2) is 0 Å². The van der Waals surface area contributed by atoms with E-state index in [9.17, 15) is 14.7 Å². The van der Waals surface area contributed by atoms with Crippen molar-refractivity contribution in [1.82, 2.24) is 10.3 Å². The van der Waals surface area contributed by atoms with Gasteiger partial charge in [-0.1, -0.05) is 37.3 Å². The van der Waals surface area contributed by atoms with Crippen LogP contribution >= 0.6 is 11.3 Å². The van der Waals surface area contributed by atoms with E-state index in [4.69, 9.17) is 0 Å². The Morgan fingerprint density at radius 2 is 1.96 bits per heavy atom. The molecule has 2 rings (SSSR count). The summed E-state index contributed by atoms with van der Waals surface area (Å²) in [5.74, 6) is -1.95. The van der Waals surface area contributed by atoms with Crippen LogP contribution in [0.5, 0.6) is 0 Å². The minimum Gasteiger partial charge on any atom is -0.481 e. The van der Waals surface area contributed by atoms with E-state index in [0.29, 0.717) is 10.6 Å². The Hall–Kier alpha value is -2.21. The summed E-state index contributed by atoms with van der Waals surface area (Å²) >= 11 is 1.38. The lowest BCUT2D eigenvalue weighted by molar-refractivity contribution is -0.142. The van der Waals surface area contributed by atoms with Crippen LogP contribution in [-0.4, -0.2) is 22.0 Å². The average Bonchev–Trinajstić information content (AvgIpc) is 2.93. The third kappa shape index (κ3) is 4.20. The van der Waals surface area contributed by atoms with Gasteiger partial charge < -0.3 is 10.4 Å². The number of benzene rings is 1. The van der Waals surface area contributed by atoms with Crippen LogP contribution in [0.3, 0.4) is 0 Å². The number of nitrogens with one attached hydrogen (secondary N) is 1. The number of carbonyl (C=O) groups is 2. The Morgan fingerprint density at radius 1 is 1.29 bits per heavy atom. The number of rotatable bonds is 7. The van der Waals surface area contributed by atoms with Crippen LogP contribution < -0.4 is 5.32 Å². The maximum Gasteiger partial charge on any atom is 0.308 e. The molecule has 0 saturated carbocycles. The van der Waals surface area contributed by atoms with Gasteiger partial charge in [0.1, 0.15) is 4.88 Å². The molecule has 0 saturated heterocycles. The summed E-state index contributed by atoms with van der Waals surface area (Å²) in [6, 6.07) is 8.59. The smallest absolute Gasteiger partial charge is 0.308 e. The molecule has 2 aromatic rings. The summed E-state index contributed by atoms with van der Waals surface area (Å²) in [5, 5.41) is 13.2. The number of aliphatic carboxylic acids is 1. The van der Waals surface area contributed by atoms with Gasteiger partial charge in [0.2, 0.25) is 0 Å². The number of hydrogen-bond acceptors (Lipinski definition) is 4. The number of aromatic nitrogens is 1. The zero-order chi connectivity index (χ0) is 17.7. The van der Waals surface area contributed by atoms with Crippen molar-refractivity contribution in [3.8, 4) is 0 Å². The van der Waals surface area contributed by atoms with Crippen LogP contribution in [-0.2, 0) is 11.2 Å². The third-order valence-corrected chi connectivity index (χ3v) is 5.06. The predicted molar refractivity (Wildman–Crippen MR) is 94.3 cm³/mol. The second-order valence-electron chi connectivity index (χ2n) is 5.76. The average molecular weight is 346 g/mol. The second-order valence-corrected chi connectivity index (χ2v) is 6.84. The van der Waals surface area contributed by atoms with E-state index in [1.807, 2.05) is 37.3 Å². The molecule has 2 atom stereocenters. The Kier molecular flexibility index (Phi) is 6.09. The molecule has 5 nitrogen and oxygen atoms in total. The Balaban J connectivity index is 2.26. The molecule has 0 radical (unpaired) electrons. The molecule has 2 unspecified atom stereocenters. The van der Waals surface area contributed by atoms with Crippen molar-refractivity contribution in [2.24, 2.45) is 5.92 Å². The molecule has 0 spiro atoms. The molecule has 1 amide bonds. The van der Waals surface area contributed by atoms with Crippen LogP contribution in [0, 0.1) is 12.8 Å². The lowest BCUT2D eigenvalue weighted by Crippen LogP contribution is -2.35. The predicted octanol–water partition coefficient (Wildman–Crippen LogP) is 3.60. The molecule has 1 aromatic heterocycles. The van der Waals surface area contributed by atoms with Crippen LogP contribution in [0.2, 0.25) is 0 Å². The van der Waals surface area contributed by atoms with Crippen molar-refractivity contribution in [2.75, 3.05) is 0 Å². The first-order valence-corrected chi connectivity index (χ1v) is 8.80. The molecule has 0 bridgehead atoms. The highest BCUT2D eigenvalue weighted by Gasteiger charge is 2.28. The van der Waals surface area contributed by atoms with Crippen LogP contribution in [0.1, 0.15) is 52.2 Å². The number of carboxylic acids is 1. The summed E-state index contributed by atoms with van der Waals surface area (Å²) in [5.41, 5.74) is 1.47. The van der Waals surface area contributed by atoms with Gasteiger partial charge in [0.25, 0.3) is 5.91 Å². The quantitative estimate of drug-likeness (QED) is 0.803. The summed E-state index contributed by atoms with van der Waals surface area (Å²) in [4.78, 5) is 29.1. The first-order valence-electron chi connectivity index (χ1n) is 7.99. The van der Waals surface area contributed by atoms with E-state index < -0.39 is 17.9 Å². The molecule has 2 N–H and O–H groups in total. The lowest BCUT2D eigenvalue weighted by atomic mass is 9.94. The minimum absolute atomic E-state index is 0.269. The number of carbonyl (C=O) groups excluding carboxylic acids is 1. The molecule has 1 aromatic carbocycles. The Labute approximate surface area is 145 Å². The van der Waals surface area contributed by atoms with E-state index in [1.54, 1.807) is 6.92 Å². The summed E-state index contributed by atoms with van der Waals surface area (Å²) in [6.45, 7) is 5.47. The number of thiazole rings is 1. The molecule has 0 aliphatic heterocycles. The van der Waals surface area contributed by atoms with E-state index in [2.05, 4.69) is 17.2 Å². The monoisotopic (exact) mass is 346 g/mol. The molecule has 0 aliphatic carbocycles. The first-order chi connectivity index (χ1) is 11.4. The minimum atomic E-state index is -0.947. The van der Waals surface area contributed by atoms with Gasteiger partial charge in [-0.05, 0) is 32.3 Å². The molecule has 24 heavy (non-hydrogen) atoms. The number of hydrogen-bond donors (Lipinski definition) is 2. The van der Waals surface area contributed by atoms with E-state index in [1.165, 1.54) is 11.3 Å². The molecule has 128 valence electrons. The summed E-state index contributed by atoms with van der Waals surface area (Å²) in [7, 11) is 0.